The monoisotopic (exact) mass is 288 g/mol. The maximum atomic E-state index is 12.4. The van der Waals surface area contributed by atoms with Crippen molar-refractivity contribution in [1.82, 2.24) is 0 Å². The summed E-state index contributed by atoms with van der Waals surface area (Å²) in [6.45, 7) is 1.90. The molecule has 0 aromatic heterocycles. The van der Waals surface area contributed by atoms with Crippen molar-refractivity contribution in [3.8, 4) is 0 Å². The van der Waals surface area contributed by atoms with Gasteiger partial charge in [0.05, 0.1) is 5.41 Å². The summed E-state index contributed by atoms with van der Waals surface area (Å²) in [6, 6.07) is 6.94. The average molecular weight is 288 g/mol. The summed E-state index contributed by atoms with van der Waals surface area (Å²) in [4.78, 5) is 22.9. The van der Waals surface area contributed by atoms with Crippen molar-refractivity contribution < 1.29 is 14.7 Å². The molecule has 1 aromatic carbocycles. The van der Waals surface area contributed by atoms with Gasteiger partial charge >= 0.3 is 5.97 Å². The molecule has 1 aromatic rings. The summed E-state index contributed by atoms with van der Waals surface area (Å²) in [5.74, 6) is -1.08. The van der Waals surface area contributed by atoms with Gasteiger partial charge in [0, 0.05) is 17.8 Å². The van der Waals surface area contributed by atoms with Crippen molar-refractivity contribution in [2.75, 3.05) is 5.32 Å². The molecule has 2 atom stereocenters. The standard InChI is InChI=1S/C16H20N2O3/c1-16(9-3-6-13(16)17)15(21)18-12-5-2-4-11(10-12)7-8-14(19)20/h2,4-5,7-8,10,13H,3,6,9,17H2,1H3,(H,18,21)(H,19,20)/b8-7+. The molecule has 112 valence electrons. The molecule has 0 saturated heterocycles. The maximum absolute atomic E-state index is 12.4. The second-order valence-electron chi connectivity index (χ2n) is 5.67. The molecule has 0 heterocycles. The van der Waals surface area contributed by atoms with E-state index in [1.807, 2.05) is 6.92 Å². The Bertz CT molecular complexity index is 583. The molecule has 0 radical (unpaired) electrons. The van der Waals surface area contributed by atoms with E-state index in [-0.39, 0.29) is 11.9 Å². The molecule has 2 unspecified atom stereocenters. The van der Waals surface area contributed by atoms with E-state index in [2.05, 4.69) is 5.32 Å². The molecule has 5 nitrogen and oxygen atoms in total. The van der Waals surface area contributed by atoms with E-state index < -0.39 is 11.4 Å². The van der Waals surface area contributed by atoms with Gasteiger partial charge in [0.2, 0.25) is 5.91 Å². The van der Waals surface area contributed by atoms with Crippen molar-refractivity contribution in [2.24, 2.45) is 11.1 Å². The van der Waals surface area contributed by atoms with E-state index in [9.17, 15) is 9.59 Å². The first-order chi connectivity index (χ1) is 9.91. The smallest absolute Gasteiger partial charge is 0.328 e. The summed E-state index contributed by atoms with van der Waals surface area (Å²) >= 11 is 0. The van der Waals surface area contributed by atoms with Gasteiger partial charge in [-0.3, -0.25) is 4.79 Å². The molecule has 1 saturated carbocycles. The zero-order chi connectivity index (χ0) is 15.5. The Morgan fingerprint density at radius 3 is 2.86 bits per heavy atom. The molecule has 0 spiro atoms. The van der Waals surface area contributed by atoms with Gasteiger partial charge in [-0.2, -0.15) is 0 Å². The number of carboxylic acids is 1. The molecule has 2 rings (SSSR count). The number of carbonyl (C=O) groups excluding carboxylic acids is 1. The molecular formula is C16H20N2O3. The molecule has 1 aliphatic rings. The van der Waals surface area contributed by atoms with E-state index in [0.717, 1.165) is 30.9 Å². The molecule has 21 heavy (non-hydrogen) atoms. The quantitative estimate of drug-likeness (QED) is 0.741. The summed E-state index contributed by atoms with van der Waals surface area (Å²) in [6.07, 6.45) is 5.17. The second kappa shape index (κ2) is 6.10. The van der Waals surface area contributed by atoms with Crippen LogP contribution in [-0.2, 0) is 9.59 Å². The summed E-state index contributed by atoms with van der Waals surface area (Å²) in [5, 5.41) is 11.5. The largest absolute Gasteiger partial charge is 0.478 e. The fourth-order valence-electron chi connectivity index (χ4n) is 2.64. The van der Waals surface area contributed by atoms with Crippen LogP contribution in [0.3, 0.4) is 0 Å². The highest BCUT2D eigenvalue weighted by Crippen LogP contribution is 2.37. The maximum Gasteiger partial charge on any atom is 0.328 e. The Hall–Kier alpha value is -2.14. The van der Waals surface area contributed by atoms with Gasteiger partial charge < -0.3 is 16.2 Å². The Morgan fingerprint density at radius 2 is 2.24 bits per heavy atom. The van der Waals surface area contributed by atoms with E-state index in [4.69, 9.17) is 10.8 Å². The van der Waals surface area contributed by atoms with Crippen LogP contribution in [0, 0.1) is 5.41 Å². The Labute approximate surface area is 123 Å². The van der Waals surface area contributed by atoms with Crippen LogP contribution in [0.15, 0.2) is 30.3 Å². The van der Waals surface area contributed by atoms with Crippen LogP contribution in [0.2, 0.25) is 0 Å². The number of benzene rings is 1. The van der Waals surface area contributed by atoms with Crippen LogP contribution in [0.1, 0.15) is 31.7 Å². The van der Waals surface area contributed by atoms with Gasteiger partial charge in [-0.15, -0.1) is 0 Å². The van der Waals surface area contributed by atoms with Gasteiger partial charge in [0.1, 0.15) is 0 Å². The molecule has 0 bridgehead atoms. The highest BCUT2D eigenvalue weighted by molar-refractivity contribution is 5.96. The Balaban J connectivity index is 2.11. The second-order valence-corrected chi connectivity index (χ2v) is 5.67. The molecule has 0 aliphatic heterocycles. The number of rotatable bonds is 4. The highest BCUT2D eigenvalue weighted by Gasteiger charge is 2.42. The van der Waals surface area contributed by atoms with Crippen LogP contribution in [-0.4, -0.2) is 23.0 Å². The normalized spacial score (nSPS) is 25.1. The minimum absolute atomic E-state index is 0.0770. The number of carboxylic acid groups (broad SMARTS) is 1. The minimum atomic E-state index is -1.01. The first-order valence-corrected chi connectivity index (χ1v) is 7.00. The van der Waals surface area contributed by atoms with Crippen molar-refractivity contribution in [1.29, 1.82) is 0 Å². The highest BCUT2D eigenvalue weighted by atomic mass is 16.4. The van der Waals surface area contributed by atoms with Gasteiger partial charge in [-0.05, 0) is 43.5 Å². The number of aliphatic carboxylic acids is 1. The number of anilines is 1. The van der Waals surface area contributed by atoms with Crippen molar-refractivity contribution in [3.05, 3.63) is 35.9 Å². The predicted molar refractivity (Wildman–Crippen MR) is 81.7 cm³/mol. The number of hydrogen-bond donors (Lipinski definition) is 3. The number of nitrogens with one attached hydrogen (secondary N) is 1. The topological polar surface area (TPSA) is 92.4 Å². The van der Waals surface area contributed by atoms with Crippen molar-refractivity contribution in [3.63, 3.8) is 0 Å². The molecule has 4 N–H and O–H groups in total. The van der Waals surface area contributed by atoms with E-state index >= 15 is 0 Å². The fourth-order valence-corrected chi connectivity index (χ4v) is 2.64. The third-order valence-corrected chi connectivity index (χ3v) is 4.11. The van der Waals surface area contributed by atoms with Gasteiger partial charge in [-0.25, -0.2) is 4.79 Å². The third kappa shape index (κ3) is 3.49. The van der Waals surface area contributed by atoms with Crippen LogP contribution in [0.5, 0.6) is 0 Å². The molecule has 5 heteroatoms. The van der Waals surface area contributed by atoms with Crippen molar-refractivity contribution >= 4 is 23.6 Å². The number of nitrogens with two attached hydrogens (primary N) is 1. The summed E-state index contributed by atoms with van der Waals surface area (Å²) < 4.78 is 0. The lowest BCUT2D eigenvalue weighted by molar-refractivity contribution is -0.131. The van der Waals surface area contributed by atoms with Gasteiger partial charge in [0.15, 0.2) is 0 Å². The van der Waals surface area contributed by atoms with E-state index in [1.165, 1.54) is 6.08 Å². The fraction of sp³-hybridized carbons (Fsp3) is 0.375. The first-order valence-electron chi connectivity index (χ1n) is 7.00. The zero-order valence-corrected chi connectivity index (χ0v) is 12.0. The van der Waals surface area contributed by atoms with Crippen LogP contribution in [0.4, 0.5) is 5.69 Å². The van der Waals surface area contributed by atoms with Gasteiger partial charge in [-0.1, -0.05) is 18.6 Å². The predicted octanol–water partition coefficient (Wildman–Crippen LogP) is 2.24. The third-order valence-electron chi connectivity index (χ3n) is 4.11. The summed E-state index contributed by atoms with van der Waals surface area (Å²) in [5.41, 5.74) is 6.87. The van der Waals surface area contributed by atoms with Crippen LogP contribution < -0.4 is 11.1 Å². The zero-order valence-electron chi connectivity index (χ0n) is 12.0. The SMILES string of the molecule is CC1(C(=O)Nc2cccc(/C=C/C(=O)O)c2)CCCC1N. The number of amides is 1. The van der Waals surface area contributed by atoms with Crippen molar-refractivity contribution in [2.45, 2.75) is 32.2 Å². The minimum Gasteiger partial charge on any atom is -0.478 e. The first kappa shape index (κ1) is 15.3. The lowest BCUT2D eigenvalue weighted by Gasteiger charge is -2.27. The van der Waals surface area contributed by atoms with E-state index in [0.29, 0.717) is 5.69 Å². The molecule has 1 aliphatic carbocycles. The van der Waals surface area contributed by atoms with E-state index in [1.54, 1.807) is 24.3 Å². The van der Waals surface area contributed by atoms with Crippen LogP contribution in [0.25, 0.3) is 6.08 Å². The average Bonchev–Trinajstić information content (AvgIpc) is 2.78. The molecule has 1 fully saturated rings. The molecular weight excluding hydrogens is 268 g/mol. The Kier molecular flexibility index (Phi) is 4.43. The molecule has 1 amide bonds. The lowest BCUT2D eigenvalue weighted by Crippen LogP contribution is -2.44. The van der Waals surface area contributed by atoms with Gasteiger partial charge in [0.25, 0.3) is 0 Å². The summed E-state index contributed by atoms with van der Waals surface area (Å²) in [7, 11) is 0. The number of carbonyl (C=O) groups is 2. The number of hydrogen-bond acceptors (Lipinski definition) is 3. The Morgan fingerprint density at radius 1 is 1.48 bits per heavy atom. The van der Waals surface area contributed by atoms with Crippen LogP contribution >= 0.6 is 0 Å². The lowest BCUT2D eigenvalue weighted by atomic mass is 9.84.